The van der Waals surface area contributed by atoms with Gasteiger partial charge in [-0.15, -0.1) is 0 Å². The molecule has 2 N–H and O–H groups in total. The lowest BCUT2D eigenvalue weighted by molar-refractivity contribution is 0.0597. The molecule has 0 unspecified atom stereocenters. The molecule has 0 spiro atoms. The van der Waals surface area contributed by atoms with Crippen LogP contribution in [0, 0.1) is 0 Å². The van der Waals surface area contributed by atoms with Crippen LogP contribution in [0.25, 0.3) is 0 Å². The van der Waals surface area contributed by atoms with Crippen LogP contribution in [0.4, 0.5) is 38.9 Å². The van der Waals surface area contributed by atoms with E-state index in [0.29, 0.717) is 21.4 Å². The fraction of sp³-hybridized carbons (Fsp3) is 0.0976. The first-order chi connectivity index (χ1) is 26.2. The smallest absolute Gasteiger partial charge is 0.419 e. The maximum absolute atomic E-state index is 13.0. The number of benzene rings is 6. The van der Waals surface area contributed by atoms with Crippen LogP contribution in [-0.2, 0) is 4.74 Å². The lowest BCUT2D eigenvalue weighted by Crippen LogP contribution is -2.35. The van der Waals surface area contributed by atoms with Crippen LogP contribution in [-0.4, -0.2) is 11.7 Å². The van der Waals surface area contributed by atoms with Gasteiger partial charge in [-0.25, -0.2) is 9.69 Å². The molecule has 14 heteroatoms. The van der Waals surface area contributed by atoms with Crippen LogP contribution >= 0.6 is 122 Å². The van der Waals surface area contributed by atoms with E-state index in [1.807, 2.05) is 44.7 Å². The molecular weight excluding hydrogens is 1050 g/mol. The standard InChI is InChI=1S/C17H13Br2Cl2NO2S.C12H7Br2NS.C12H9NS/c1-17(2,3)24-16(23)22-14-10(20)4-8(18)6-12(14)25-13-7-9(19)5-11(21)15(13)22;13-7-1-3-9-11(5-7)16-12-6-8(14)2-4-10(12)15-9;1-3-7-11-9(5-1)13-10-6-2-4-8-12(10)14-11/h4-7H,1-3H3;1-6,15H;1-8,13H. The highest BCUT2D eigenvalue weighted by Crippen LogP contribution is 2.55. The molecule has 0 bridgehead atoms. The van der Waals surface area contributed by atoms with Gasteiger partial charge in [0.25, 0.3) is 0 Å². The molecule has 6 aromatic carbocycles. The largest absolute Gasteiger partial charge is 0.443 e. The molecule has 0 saturated carbocycles. The van der Waals surface area contributed by atoms with Crippen molar-refractivity contribution in [3.8, 4) is 0 Å². The Bertz CT molecular complexity index is 2270. The molecule has 280 valence electrons. The van der Waals surface area contributed by atoms with E-state index in [-0.39, 0.29) is 0 Å². The van der Waals surface area contributed by atoms with Crippen molar-refractivity contribution in [3.05, 3.63) is 137 Å². The van der Waals surface area contributed by atoms with Gasteiger partial charge in [0, 0.05) is 47.3 Å². The molecule has 9 rings (SSSR count). The Balaban J connectivity index is 0.000000134. The predicted octanol–water partition coefficient (Wildman–Crippen LogP) is 17.4. The van der Waals surface area contributed by atoms with E-state index in [2.05, 4.69) is 159 Å². The molecule has 55 heavy (non-hydrogen) atoms. The first-order valence-electron chi connectivity index (χ1n) is 16.6. The number of anilines is 6. The number of hydrogen-bond acceptors (Lipinski definition) is 7. The van der Waals surface area contributed by atoms with E-state index in [1.54, 1.807) is 23.9 Å². The number of fused-ring (bicyclic) bond motifs is 6. The van der Waals surface area contributed by atoms with Crippen LogP contribution in [0.3, 0.4) is 0 Å². The average molecular weight is 1080 g/mol. The number of amides is 1. The molecular formula is C41H29Br4Cl2N3O2S3. The van der Waals surface area contributed by atoms with Crippen molar-refractivity contribution >= 4 is 162 Å². The average Bonchev–Trinajstić information content (AvgIpc) is 3.12. The number of halogens is 6. The van der Waals surface area contributed by atoms with Crippen LogP contribution in [0.2, 0.25) is 10.0 Å². The number of nitrogens with zero attached hydrogens (tertiary/aromatic N) is 1. The Kier molecular flexibility index (Phi) is 12.9. The van der Waals surface area contributed by atoms with Crippen molar-refractivity contribution < 1.29 is 9.53 Å². The van der Waals surface area contributed by atoms with Gasteiger partial charge in [0.1, 0.15) is 5.60 Å². The van der Waals surface area contributed by atoms with E-state index in [9.17, 15) is 4.79 Å². The molecule has 5 nitrogen and oxygen atoms in total. The molecule has 3 aliphatic rings. The van der Waals surface area contributed by atoms with E-state index in [1.165, 1.54) is 59.0 Å². The van der Waals surface area contributed by atoms with Crippen LogP contribution in [0.15, 0.2) is 156 Å². The lowest BCUT2D eigenvalue weighted by Gasteiger charge is -2.34. The summed E-state index contributed by atoms with van der Waals surface area (Å²) in [7, 11) is 0. The Morgan fingerprint density at radius 1 is 0.545 bits per heavy atom. The fourth-order valence-corrected chi connectivity index (χ4v) is 12.1. The summed E-state index contributed by atoms with van der Waals surface area (Å²) in [6, 6.07) is 36.6. The fourth-order valence-electron chi connectivity index (χ4n) is 5.61. The summed E-state index contributed by atoms with van der Waals surface area (Å²) < 4.78 is 9.48. The number of carbonyl (C=O) groups excluding carboxylic acids is 1. The van der Waals surface area contributed by atoms with Gasteiger partial charge in [0.2, 0.25) is 0 Å². The maximum atomic E-state index is 13.0. The molecule has 3 heterocycles. The van der Waals surface area contributed by atoms with Crippen molar-refractivity contribution in [1.82, 2.24) is 0 Å². The van der Waals surface area contributed by atoms with E-state index >= 15 is 0 Å². The Labute approximate surface area is 376 Å². The highest BCUT2D eigenvalue weighted by atomic mass is 79.9. The first-order valence-corrected chi connectivity index (χ1v) is 23.0. The molecule has 0 aromatic heterocycles. The van der Waals surface area contributed by atoms with E-state index in [0.717, 1.165) is 27.7 Å². The van der Waals surface area contributed by atoms with E-state index < -0.39 is 11.7 Å². The molecule has 0 atom stereocenters. The normalized spacial score (nSPS) is 12.9. The summed E-state index contributed by atoms with van der Waals surface area (Å²) >= 11 is 31.9. The molecule has 0 fully saturated rings. The number of nitrogens with one attached hydrogen (secondary N) is 2. The summed E-state index contributed by atoms with van der Waals surface area (Å²) in [6.07, 6.45) is -0.524. The maximum Gasteiger partial charge on any atom is 0.419 e. The van der Waals surface area contributed by atoms with Gasteiger partial charge in [-0.3, -0.25) is 0 Å². The van der Waals surface area contributed by atoms with Gasteiger partial charge >= 0.3 is 6.09 Å². The Hall–Kier alpha value is -2.26. The van der Waals surface area contributed by atoms with Gasteiger partial charge in [0.15, 0.2) is 0 Å². The zero-order valence-corrected chi connectivity index (χ0v) is 39.5. The molecule has 6 aromatic rings. The van der Waals surface area contributed by atoms with Crippen LogP contribution in [0.1, 0.15) is 20.8 Å². The van der Waals surface area contributed by atoms with Gasteiger partial charge in [0.05, 0.1) is 44.2 Å². The summed E-state index contributed by atoms with van der Waals surface area (Å²) in [5.74, 6) is 0. The number of para-hydroxylation sites is 2. The zero-order valence-electron chi connectivity index (χ0n) is 29.1. The molecule has 0 radical (unpaired) electrons. The summed E-state index contributed by atoms with van der Waals surface area (Å²) in [4.78, 5) is 21.2. The minimum atomic E-state index is -0.647. The Morgan fingerprint density at radius 2 is 0.927 bits per heavy atom. The van der Waals surface area contributed by atoms with Gasteiger partial charge < -0.3 is 15.4 Å². The lowest BCUT2D eigenvalue weighted by atomic mass is 10.2. The van der Waals surface area contributed by atoms with Crippen molar-refractivity contribution in [2.75, 3.05) is 15.5 Å². The van der Waals surface area contributed by atoms with Crippen LogP contribution < -0.4 is 15.5 Å². The molecule has 0 saturated heterocycles. The van der Waals surface area contributed by atoms with Gasteiger partial charge in [-0.1, -0.05) is 146 Å². The van der Waals surface area contributed by atoms with Crippen molar-refractivity contribution in [3.63, 3.8) is 0 Å². The summed E-state index contributed by atoms with van der Waals surface area (Å²) in [5, 5.41) is 7.73. The van der Waals surface area contributed by atoms with E-state index in [4.69, 9.17) is 27.9 Å². The first kappa shape index (κ1) is 40.9. The number of hydrogen-bond donors (Lipinski definition) is 2. The highest BCUT2D eigenvalue weighted by molar-refractivity contribution is 9.11. The number of carbonyl (C=O) groups is 1. The third kappa shape index (κ3) is 9.72. The monoisotopic (exact) mass is 1080 g/mol. The summed E-state index contributed by atoms with van der Waals surface area (Å²) in [5.41, 5.74) is 5.24. The topological polar surface area (TPSA) is 53.6 Å². The highest BCUT2D eigenvalue weighted by Gasteiger charge is 2.35. The molecule has 3 aliphatic heterocycles. The molecule has 1 amide bonds. The minimum absolute atomic E-state index is 0.437. The second-order valence-corrected chi connectivity index (χ2v) is 20.8. The quantitative estimate of drug-likeness (QED) is 0.157. The van der Waals surface area contributed by atoms with Crippen molar-refractivity contribution in [1.29, 1.82) is 0 Å². The third-order valence-electron chi connectivity index (χ3n) is 7.87. The second kappa shape index (κ2) is 17.3. The second-order valence-electron chi connectivity index (χ2n) is 13.1. The minimum Gasteiger partial charge on any atom is -0.443 e. The van der Waals surface area contributed by atoms with Gasteiger partial charge in [-0.2, -0.15) is 0 Å². The molecule has 0 aliphatic carbocycles. The Morgan fingerprint density at radius 3 is 1.38 bits per heavy atom. The predicted molar refractivity (Wildman–Crippen MR) is 247 cm³/mol. The zero-order chi connectivity index (χ0) is 39.0. The SMILES string of the molecule is Brc1ccc2c(c1)Sc1cc(Br)ccc1N2.CC(C)(C)OC(=O)N1c2c(Cl)cc(Br)cc2Sc2cc(Br)cc(Cl)c21.c1ccc2c(c1)Nc1ccccc1S2. The summed E-state index contributed by atoms with van der Waals surface area (Å²) in [6.45, 7) is 5.45. The third-order valence-corrected chi connectivity index (χ3v) is 13.7. The number of rotatable bonds is 0. The van der Waals surface area contributed by atoms with Gasteiger partial charge in [-0.05, 0) is 106 Å². The van der Waals surface area contributed by atoms with Crippen molar-refractivity contribution in [2.45, 2.75) is 55.7 Å². The van der Waals surface area contributed by atoms with Crippen molar-refractivity contribution in [2.24, 2.45) is 0 Å². The number of ether oxygens (including phenoxy) is 1. The van der Waals surface area contributed by atoms with Crippen LogP contribution in [0.5, 0.6) is 0 Å².